The number of nitrogens with zero attached hydrogens (tertiary/aromatic N) is 3. The number of pyridine rings is 1. The van der Waals surface area contributed by atoms with Crippen molar-refractivity contribution >= 4 is 11.0 Å². The summed E-state index contributed by atoms with van der Waals surface area (Å²) in [6.07, 6.45) is 13.6. The quantitative estimate of drug-likeness (QED) is 0.302. The molecule has 1 aromatic carbocycles. The van der Waals surface area contributed by atoms with Crippen molar-refractivity contribution in [3.05, 3.63) is 71.3 Å². The first kappa shape index (κ1) is 22.7. The molecule has 0 aliphatic heterocycles. The summed E-state index contributed by atoms with van der Waals surface area (Å²) in [6, 6.07) is 13.0. The van der Waals surface area contributed by atoms with Crippen molar-refractivity contribution in [2.45, 2.75) is 70.9 Å². The average Bonchev–Trinajstić information content (AvgIpc) is 3.24. The molecular formula is C27H37N5. The van der Waals surface area contributed by atoms with Crippen LogP contribution in [0.3, 0.4) is 0 Å². The summed E-state index contributed by atoms with van der Waals surface area (Å²) in [5.41, 5.74) is 12.1. The fourth-order valence-electron chi connectivity index (χ4n) is 4.98. The number of aromatic amines is 1. The maximum atomic E-state index is 5.68. The molecule has 2 heterocycles. The molecule has 0 spiro atoms. The number of H-pyrrole nitrogens is 1. The molecule has 0 unspecified atom stereocenters. The largest absolute Gasteiger partial charge is 0.341 e. The van der Waals surface area contributed by atoms with Crippen LogP contribution in [-0.4, -0.2) is 32.9 Å². The number of nitrogens with two attached hydrogens (primary N) is 1. The number of nitrogens with one attached hydrogen (secondary N) is 1. The van der Waals surface area contributed by atoms with Crippen LogP contribution in [0.4, 0.5) is 0 Å². The topological polar surface area (TPSA) is 70.8 Å². The first-order chi connectivity index (χ1) is 15.8. The minimum atomic E-state index is 0.361. The average molecular weight is 432 g/mol. The van der Waals surface area contributed by atoms with Crippen molar-refractivity contribution in [3.8, 4) is 0 Å². The van der Waals surface area contributed by atoms with Gasteiger partial charge in [-0.2, -0.15) is 0 Å². The van der Waals surface area contributed by atoms with Gasteiger partial charge in [0, 0.05) is 6.20 Å². The van der Waals surface area contributed by atoms with Gasteiger partial charge in [0.05, 0.1) is 29.3 Å². The number of unbranched alkanes of at least 4 members (excludes halogenated alkanes) is 1. The minimum Gasteiger partial charge on any atom is -0.341 e. The number of imidazole rings is 1. The Morgan fingerprint density at radius 3 is 2.88 bits per heavy atom. The molecule has 0 fully saturated rings. The monoisotopic (exact) mass is 431 g/mol. The molecule has 5 nitrogen and oxygen atoms in total. The molecule has 32 heavy (non-hydrogen) atoms. The van der Waals surface area contributed by atoms with E-state index in [0.29, 0.717) is 6.04 Å². The van der Waals surface area contributed by atoms with E-state index in [4.69, 9.17) is 15.7 Å². The molecule has 3 aromatic rings. The minimum absolute atomic E-state index is 0.361. The van der Waals surface area contributed by atoms with Gasteiger partial charge in [0.2, 0.25) is 0 Å². The number of aryl methyl sites for hydroxylation is 1. The highest BCUT2D eigenvalue weighted by Crippen LogP contribution is 2.34. The van der Waals surface area contributed by atoms with E-state index >= 15 is 0 Å². The molecule has 1 aliphatic carbocycles. The zero-order chi connectivity index (χ0) is 22.2. The Morgan fingerprint density at radius 1 is 1.16 bits per heavy atom. The number of hydrogen-bond acceptors (Lipinski definition) is 4. The van der Waals surface area contributed by atoms with Crippen LogP contribution in [-0.2, 0) is 13.0 Å². The van der Waals surface area contributed by atoms with E-state index in [9.17, 15) is 0 Å². The molecule has 1 atom stereocenters. The summed E-state index contributed by atoms with van der Waals surface area (Å²) in [5, 5.41) is 0. The van der Waals surface area contributed by atoms with Crippen LogP contribution >= 0.6 is 0 Å². The van der Waals surface area contributed by atoms with E-state index in [2.05, 4.69) is 59.3 Å². The Hall–Kier alpha value is -2.50. The van der Waals surface area contributed by atoms with Crippen LogP contribution in [0, 0.1) is 0 Å². The summed E-state index contributed by atoms with van der Waals surface area (Å²) >= 11 is 0. The van der Waals surface area contributed by atoms with Crippen molar-refractivity contribution in [1.82, 2.24) is 19.9 Å². The Bertz CT molecular complexity index is 989. The van der Waals surface area contributed by atoms with E-state index in [1.165, 1.54) is 30.5 Å². The normalized spacial score (nSPS) is 16.6. The van der Waals surface area contributed by atoms with Gasteiger partial charge in [-0.05, 0) is 95.1 Å². The van der Waals surface area contributed by atoms with Crippen LogP contribution in [0.15, 0.2) is 54.2 Å². The summed E-state index contributed by atoms with van der Waals surface area (Å²) in [5.74, 6) is 1.04. The van der Waals surface area contributed by atoms with Crippen molar-refractivity contribution < 1.29 is 0 Å². The van der Waals surface area contributed by atoms with E-state index < -0.39 is 0 Å². The van der Waals surface area contributed by atoms with Gasteiger partial charge >= 0.3 is 0 Å². The predicted octanol–water partition coefficient (Wildman–Crippen LogP) is 5.69. The molecule has 5 heteroatoms. The van der Waals surface area contributed by atoms with Crippen LogP contribution in [0.5, 0.6) is 0 Å². The molecule has 0 bridgehead atoms. The number of allylic oxidation sites excluding steroid dienone is 2. The Balaban J connectivity index is 1.49. The predicted molar refractivity (Wildman–Crippen MR) is 132 cm³/mol. The number of hydrogen-bond donors (Lipinski definition) is 2. The second-order valence-electron chi connectivity index (χ2n) is 8.92. The Morgan fingerprint density at radius 2 is 2.03 bits per heavy atom. The van der Waals surface area contributed by atoms with Gasteiger partial charge in [-0.15, -0.1) is 0 Å². The van der Waals surface area contributed by atoms with Crippen molar-refractivity contribution in [1.29, 1.82) is 0 Å². The van der Waals surface area contributed by atoms with Gasteiger partial charge in [0.15, 0.2) is 0 Å². The Kier molecular flexibility index (Phi) is 8.07. The molecule has 0 saturated heterocycles. The van der Waals surface area contributed by atoms with Gasteiger partial charge in [-0.3, -0.25) is 9.88 Å². The maximum absolute atomic E-state index is 5.68. The molecule has 1 aliphatic rings. The van der Waals surface area contributed by atoms with Gasteiger partial charge in [-0.25, -0.2) is 4.98 Å². The fourth-order valence-corrected chi connectivity index (χ4v) is 4.98. The number of rotatable bonds is 11. The number of fused-ring (bicyclic) bond motifs is 2. The summed E-state index contributed by atoms with van der Waals surface area (Å²) in [7, 11) is 0. The highest BCUT2D eigenvalue weighted by atomic mass is 15.2. The lowest BCUT2D eigenvalue weighted by molar-refractivity contribution is 0.160. The van der Waals surface area contributed by atoms with E-state index in [-0.39, 0.29) is 0 Å². The molecule has 4 rings (SSSR count). The van der Waals surface area contributed by atoms with Gasteiger partial charge in [0.25, 0.3) is 0 Å². The third-order valence-corrected chi connectivity index (χ3v) is 6.70. The molecule has 170 valence electrons. The molecule has 0 radical (unpaired) electrons. The lowest BCUT2D eigenvalue weighted by atomic mass is 9.90. The highest BCUT2D eigenvalue weighted by molar-refractivity contribution is 5.74. The summed E-state index contributed by atoms with van der Waals surface area (Å²) < 4.78 is 0. The highest BCUT2D eigenvalue weighted by Gasteiger charge is 2.27. The first-order valence-electron chi connectivity index (χ1n) is 12.2. The zero-order valence-electron chi connectivity index (χ0n) is 19.4. The molecular weight excluding hydrogens is 394 g/mol. The van der Waals surface area contributed by atoms with Crippen LogP contribution < -0.4 is 5.73 Å². The number of para-hydroxylation sites is 2. The zero-order valence-corrected chi connectivity index (χ0v) is 19.4. The maximum Gasteiger partial charge on any atom is 0.121 e. The fraction of sp³-hybridized carbons (Fsp3) is 0.481. The van der Waals surface area contributed by atoms with E-state index in [1.54, 1.807) is 5.57 Å². The summed E-state index contributed by atoms with van der Waals surface area (Å²) in [4.78, 5) is 15.8. The number of benzene rings is 1. The van der Waals surface area contributed by atoms with Gasteiger partial charge in [-0.1, -0.05) is 29.8 Å². The third kappa shape index (κ3) is 5.64. The van der Waals surface area contributed by atoms with E-state index in [0.717, 1.165) is 68.6 Å². The van der Waals surface area contributed by atoms with Crippen LogP contribution in [0.25, 0.3) is 11.0 Å². The van der Waals surface area contributed by atoms with Gasteiger partial charge < -0.3 is 10.7 Å². The SMILES string of the molecule is C/C=C(/CCCCN)CCCN(Cc1nc2ccccc2[nH]1)[C@H]1CCCc2cccnc21. The molecule has 0 saturated carbocycles. The van der Waals surface area contributed by atoms with Crippen LogP contribution in [0.1, 0.15) is 75.0 Å². The lowest BCUT2D eigenvalue weighted by Gasteiger charge is -2.34. The first-order valence-corrected chi connectivity index (χ1v) is 12.2. The third-order valence-electron chi connectivity index (χ3n) is 6.70. The summed E-state index contributed by atoms with van der Waals surface area (Å²) in [6.45, 7) is 4.83. The molecule has 0 amide bonds. The van der Waals surface area contributed by atoms with Gasteiger partial charge in [0.1, 0.15) is 5.82 Å². The smallest absolute Gasteiger partial charge is 0.121 e. The molecule has 2 aromatic heterocycles. The van der Waals surface area contributed by atoms with Crippen molar-refractivity contribution in [3.63, 3.8) is 0 Å². The van der Waals surface area contributed by atoms with E-state index in [1.807, 2.05) is 6.20 Å². The lowest BCUT2D eigenvalue weighted by Crippen LogP contribution is -2.33. The second kappa shape index (κ2) is 11.4. The second-order valence-corrected chi connectivity index (χ2v) is 8.92. The standard InChI is InChI=1S/C27H37N5/c1-2-21(10-5-6-17-28)11-9-19-32(20-26-30-23-14-3-4-15-24(23)31-26)25-16-7-12-22-13-8-18-29-27(22)25/h2-4,8,13-15,18,25H,5-7,9-12,16-17,19-20,28H2,1H3,(H,30,31)/b21-2-/t25-/m0/s1. The van der Waals surface area contributed by atoms with Crippen LogP contribution in [0.2, 0.25) is 0 Å². The van der Waals surface area contributed by atoms with Crippen molar-refractivity contribution in [2.24, 2.45) is 5.73 Å². The molecule has 3 N–H and O–H groups in total. The Labute approximate surface area is 192 Å². The van der Waals surface area contributed by atoms with Crippen molar-refractivity contribution in [2.75, 3.05) is 13.1 Å². The number of aromatic nitrogens is 3.